The van der Waals surface area contributed by atoms with Crippen molar-refractivity contribution in [2.75, 3.05) is 0 Å². The summed E-state index contributed by atoms with van der Waals surface area (Å²) in [7, 11) is 0. The second kappa shape index (κ2) is 8.30. The molecule has 28 heavy (non-hydrogen) atoms. The van der Waals surface area contributed by atoms with Crippen LogP contribution in [0.3, 0.4) is 0 Å². The lowest BCUT2D eigenvalue weighted by molar-refractivity contribution is 0.0424. The minimum Gasteiger partial charge on any atom is -0.443 e. The van der Waals surface area contributed by atoms with Crippen molar-refractivity contribution in [3.05, 3.63) is 96.6 Å². The topological polar surface area (TPSA) is 29.5 Å². The Bertz CT molecular complexity index is 832. The van der Waals surface area contributed by atoms with Crippen molar-refractivity contribution in [1.82, 2.24) is 4.90 Å². The highest BCUT2D eigenvalue weighted by atomic mass is 16.6. The fourth-order valence-corrected chi connectivity index (χ4v) is 3.23. The molecule has 0 fully saturated rings. The van der Waals surface area contributed by atoms with Gasteiger partial charge in [0.15, 0.2) is 0 Å². The van der Waals surface area contributed by atoms with Gasteiger partial charge in [-0.3, -0.25) is 0 Å². The maximum absolute atomic E-state index is 13.2. The number of allylic oxidation sites excluding steroid dienone is 3. The molecule has 0 aliphatic carbocycles. The molecule has 0 spiro atoms. The molecule has 2 aromatic carbocycles. The zero-order valence-corrected chi connectivity index (χ0v) is 16.8. The Morgan fingerprint density at radius 2 is 1.43 bits per heavy atom. The van der Waals surface area contributed by atoms with Gasteiger partial charge in [0.1, 0.15) is 5.60 Å². The Morgan fingerprint density at radius 3 is 1.82 bits per heavy atom. The van der Waals surface area contributed by atoms with Crippen molar-refractivity contribution in [2.24, 2.45) is 5.92 Å². The van der Waals surface area contributed by atoms with Gasteiger partial charge in [0, 0.05) is 5.92 Å². The third-order valence-corrected chi connectivity index (χ3v) is 4.38. The first-order valence-electron chi connectivity index (χ1n) is 9.57. The van der Waals surface area contributed by atoms with Crippen LogP contribution in [0.2, 0.25) is 0 Å². The molecule has 1 heterocycles. The smallest absolute Gasteiger partial charge is 0.419 e. The minimum absolute atomic E-state index is 0.154. The number of amides is 1. The average molecular weight is 373 g/mol. The monoisotopic (exact) mass is 373 g/mol. The minimum atomic E-state index is -0.585. The molecule has 3 rings (SSSR count). The Hall–Kier alpha value is -3.07. The molecule has 0 saturated carbocycles. The summed E-state index contributed by atoms with van der Waals surface area (Å²) in [6.45, 7) is 9.54. The maximum Gasteiger partial charge on any atom is 0.419 e. The molecule has 1 aliphatic heterocycles. The van der Waals surface area contributed by atoms with Gasteiger partial charge >= 0.3 is 6.09 Å². The van der Waals surface area contributed by atoms with Crippen LogP contribution in [0.15, 0.2) is 85.5 Å². The summed E-state index contributed by atoms with van der Waals surface area (Å²) in [5.74, 6) is 0.154. The van der Waals surface area contributed by atoms with E-state index in [1.807, 2.05) is 87.5 Å². The standard InChI is InChI=1S/C25H27NO2/c1-5-12-19-17-22(20-13-8-6-9-14-20)26(24(27)28-25(2,3)4)23(18-19)21-15-10-7-11-16-21/h5-11,13-19H,1,12H2,2-4H3. The molecule has 0 bridgehead atoms. The molecule has 0 atom stereocenters. The first-order valence-corrected chi connectivity index (χ1v) is 9.57. The van der Waals surface area contributed by atoms with Crippen LogP contribution in [0.1, 0.15) is 38.3 Å². The number of carbonyl (C=O) groups excluding carboxylic acids is 1. The molecule has 0 N–H and O–H groups in total. The number of rotatable bonds is 4. The summed E-state index contributed by atoms with van der Waals surface area (Å²) in [5, 5.41) is 0. The van der Waals surface area contributed by atoms with Gasteiger partial charge in [-0.2, -0.15) is 0 Å². The Labute approximate surface area is 167 Å². The van der Waals surface area contributed by atoms with Crippen LogP contribution in [0.25, 0.3) is 11.4 Å². The van der Waals surface area contributed by atoms with Crippen molar-refractivity contribution in [2.45, 2.75) is 32.8 Å². The van der Waals surface area contributed by atoms with Gasteiger partial charge < -0.3 is 4.74 Å². The van der Waals surface area contributed by atoms with Gasteiger partial charge in [0.2, 0.25) is 0 Å². The second-order valence-electron chi connectivity index (χ2n) is 7.84. The van der Waals surface area contributed by atoms with E-state index in [9.17, 15) is 4.79 Å². The molecule has 3 heteroatoms. The van der Waals surface area contributed by atoms with Crippen molar-refractivity contribution >= 4 is 17.5 Å². The highest BCUT2D eigenvalue weighted by Gasteiger charge is 2.32. The second-order valence-corrected chi connectivity index (χ2v) is 7.84. The number of benzene rings is 2. The fraction of sp³-hybridized carbons (Fsp3) is 0.240. The Morgan fingerprint density at radius 1 is 0.964 bits per heavy atom. The summed E-state index contributed by atoms with van der Waals surface area (Å²) in [5.41, 5.74) is 3.04. The summed E-state index contributed by atoms with van der Waals surface area (Å²) in [6.07, 6.45) is 6.57. The highest BCUT2D eigenvalue weighted by Crippen LogP contribution is 2.37. The van der Waals surface area contributed by atoms with E-state index in [4.69, 9.17) is 4.74 Å². The fourth-order valence-electron chi connectivity index (χ4n) is 3.23. The molecule has 0 saturated heterocycles. The molecular formula is C25H27NO2. The van der Waals surface area contributed by atoms with Crippen LogP contribution in [0, 0.1) is 5.92 Å². The van der Waals surface area contributed by atoms with Crippen LogP contribution >= 0.6 is 0 Å². The van der Waals surface area contributed by atoms with E-state index < -0.39 is 5.60 Å². The van der Waals surface area contributed by atoms with Crippen molar-refractivity contribution < 1.29 is 9.53 Å². The predicted octanol–water partition coefficient (Wildman–Crippen LogP) is 6.51. The normalized spacial score (nSPS) is 14.9. The first kappa shape index (κ1) is 19.7. The number of nitrogens with zero attached hydrogens (tertiary/aromatic N) is 1. The summed E-state index contributed by atoms with van der Waals surface area (Å²) >= 11 is 0. The van der Waals surface area contributed by atoms with Gasteiger partial charge in [0.25, 0.3) is 0 Å². The van der Waals surface area contributed by atoms with E-state index in [0.29, 0.717) is 0 Å². The van der Waals surface area contributed by atoms with E-state index in [2.05, 4.69) is 18.7 Å². The lowest BCUT2D eigenvalue weighted by Crippen LogP contribution is -2.36. The van der Waals surface area contributed by atoms with E-state index in [-0.39, 0.29) is 12.0 Å². The van der Waals surface area contributed by atoms with E-state index in [0.717, 1.165) is 28.9 Å². The molecule has 144 valence electrons. The zero-order chi connectivity index (χ0) is 20.1. The number of ether oxygens (including phenoxy) is 1. The van der Waals surface area contributed by atoms with E-state index >= 15 is 0 Å². The van der Waals surface area contributed by atoms with Gasteiger partial charge in [-0.1, -0.05) is 78.9 Å². The molecule has 1 aliphatic rings. The van der Waals surface area contributed by atoms with Crippen molar-refractivity contribution in [1.29, 1.82) is 0 Å². The van der Waals surface area contributed by atoms with E-state index in [1.165, 1.54) is 0 Å². The molecule has 0 radical (unpaired) electrons. The third-order valence-electron chi connectivity index (χ3n) is 4.38. The predicted molar refractivity (Wildman–Crippen MR) is 115 cm³/mol. The van der Waals surface area contributed by atoms with Gasteiger partial charge in [-0.25, -0.2) is 9.69 Å². The summed E-state index contributed by atoms with van der Waals surface area (Å²) < 4.78 is 5.76. The van der Waals surface area contributed by atoms with Gasteiger partial charge in [-0.05, 0) is 38.3 Å². The quantitative estimate of drug-likeness (QED) is 0.572. The molecule has 0 unspecified atom stereocenters. The molecule has 1 amide bonds. The molecule has 2 aromatic rings. The number of hydrogen-bond acceptors (Lipinski definition) is 2. The number of hydrogen-bond donors (Lipinski definition) is 0. The lowest BCUT2D eigenvalue weighted by Gasteiger charge is -2.34. The molecular weight excluding hydrogens is 346 g/mol. The van der Waals surface area contributed by atoms with Crippen LogP contribution in [0.4, 0.5) is 4.79 Å². The molecule has 0 aromatic heterocycles. The largest absolute Gasteiger partial charge is 0.443 e. The van der Waals surface area contributed by atoms with Gasteiger partial charge in [0.05, 0.1) is 11.4 Å². The highest BCUT2D eigenvalue weighted by molar-refractivity contribution is 5.95. The van der Waals surface area contributed by atoms with Gasteiger partial charge in [-0.15, -0.1) is 6.58 Å². The average Bonchev–Trinajstić information content (AvgIpc) is 2.67. The van der Waals surface area contributed by atoms with Crippen LogP contribution in [0.5, 0.6) is 0 Å². The van der Waals surface area contributed by atoms with E-state index in [1.54, 1.807) is 4.90 Å². The summed E-state index contributed by atoms with van der Waals surface area (Å²) in [4.78, 5) is 14.9. The lowest BCUT2D eigenvalue weighted by atomic mass is 9.93. The molecule has 3 nitrogen and oxygen atoms in total. The number of carbonyl (C=O) groups is 1. The SMILES string of the molecule is C=CCC1C=C(c2ccccc2)N(C(=O)OC(C)(C)C)C(c2ccccc2)=C1. The Kier molecular flexibility index (Phi) is 5.84. The third kappa shape index (κ3) is 4.61. The zero-order valence-electron chi connectivity index (χ0n) is 16.8. The van der Waals surface area contributed by atoms with Crippen molar-refractivity contribution in [3.8, 4) is 0 Å². The van der Waals surface area contributed by atoms with Crippen LogP contribution in [-0.2, 0) is 4.74 Å². The summed E-state index contributed by atoms with van der Waals surface area (Å²) in [6, 6.07) is 19.9. The van der Waals surface area contributed by atoms with Crippen molar-refractivity contribution in [3.63, 3.8) is 0 Å². The van der Waals surface area contributed by atoms with Crippen LogP contribution < -0.4 is 0 Å². The Balaban J connectivity index is 2.13. The van der Waals surface area contributed by atoms with Crippen LogP contribution in [-0.4, -0.2) is 16.6 Å². The first-order chi connectivity index (χ1) is 13.4. The maximum atomic E-state index is 13.2.